The van der Waals surface area contributed by atoms with E-state index in [-0.39, 0.29) is 0 Å². The molecule has 1 heterocycles. The van der Waals surface area contributed by atoms with Crippen molar-refractivity contribution in [2.24, 2.45) is 4.99 Å². The number of nitrogens with one attached hydrogen (secondary N) is 1. The summed E-state index contributed by atoms with van der Waals surface area (Å²) in [6, 6.07) is 8.48. The van der Waals surface area contributed by atoms with Gasteiger partial charge in [-0.25, -0.2) is 0 Å². The molecule has 0 aliphatic carbocycles. The van der Waals surface area contributed by atoms with Crippen molar-refractivity contribution in [3.8, 4) is 0 Å². The monoisotopic (exact) mass is 231 g/mol. The Morgan fingerprint density at radius 3 is 2.53 bits per heavy atom. The van der Waals surface area contributed by atoms with Crippen LogP contribution < -0.4 is 10.2 Å². The number of benzene rings is 1. The van der Waals surface area contributed by atoms with Gasteiger partial charge in [0.2, 0.25) is 0 Å². The summed E-state index contributed by atoms with van der Waals surface area (Å²) >= 11 is 0. The Labute approximate surface area is 104 Å². The van der Waals surface area contributed by atoms with Gasteiger partial charge in [0.15, 0.2) is 0 Å². The fourth-order valence-electron chi connectivity index (χ4n) is 1.99. The molecule has 0 radical (unpaired) electrons. The summed E-state index contributed by atoms with van der Waals surface area (Å²) in [5.41, 5.74) is 2.36. The summed E-state index contributed by atoms with van der Waals surface area (Å²) in [7, 11) is 4.11. The van der Waals surface area contributed by atoms with Gasteiger partial charge in [-0.3, -0.25) is 4.99 Å². The molecular weight excluding hydrogens is 210 g/mol. The molecule has 0 aromatic heterocycles. The van der Waals surface area contributed by atoms with E-state index in [0.717, 1.165) is 24.5 Å². The van der Waals surface area contributed by atoms with Gasteiger partial charge in [0.05, 0.1) is 0 Å². The van der Waals surface area contributed by atoms with Gasteiger partial charge in [-0.05, 0) is 37.1 Å². The molecule has 0 spiro atoms. The highest BCUT2D eigenvalue weighted by Crippen LogP contribution is 2.17. The van der Waals surface area contributed by atoms with Crippen LogP contribution in [-0.4, -0.2) is 26.5 Å². The van der Waals surface area contributed by atoms with Crippen LogP contribution in [0.5, 0.6) is 0 Å². The Balaban J connectivity index is 2.00. The molecule has 3 heteroatoms. The van der Waals surface area contributed by atoms with Crippen molar-refractivity contribution in [2.75, 3.05) is 30.9 Å². The molecule has 92 valence electrons. The summed E-state index contributed by atoms with van der Waals surface area (Å²) in [4.78, 5) is 6.68. The van der Waals surface area contributed by atoms with E-state index in [1.54, 1.807) is 0 Å². The number of anilines is 2. The minimum Gasteiger partial charge on any atom is -0.378 e. The maximum Gasteiger partial charge on any atom is 0.101 e. The van der Waals surface area contributed by atoms with Crippen LogP contribution in [-0.2, 0) is 0 Å². The topological polar surface area (TPSA) is 27.6 Å². The van der Waals surface area contributed by atoms with E-state index in [0.29, 0.717) is 0 Å². The second-order valence-corrected chi connectivity index (χ2v) is 4.71. The third kappa shape index (κ3) is 3.48. The van der Waals surface area contributed by atoms with E-state index < -0.39 is 0 Å². The van der Waals surface area contributed by atoms with Crippen LogP contribution in [0.3, 0.4) is 0 Å². The number of aliphatic imine (C=N–C) groups is 1. The summed E-state index contributed by atoms with van der Waals surface area (Å²) in [6.45, 7) is 0.970. The standard InChI is InChI=1S/C14H21N3/c1-17(2)13-9-7-12(8-10-13)16-14-6-4-3-5-11-15-14/h7-10H,3-6,11H2,1-2H3,(H,15,16). The van der Waals surface area contributed by atoms with Crippen LogP contribution in [0.2, 0.25) is 0 Å². The smallest absolute Gasteiger partial charge is 0.101 e. The molecule has 0 bridgehead atoms. The van der Waals surface area contributed by atoms with Gasteiger partial charge in [-0.1, -0.05) is 6.42 Å². The number of hydrogen-bond donors (Lipinski definition) is 1. The third-order valence-corrected chi connectivity index (χ3v) is 3.05. The van der Waals surface area contributed by atoms with Crippen molar-refractivity contribution in [3.63, 3.8) is 0 Å². The maximum absolute atomic E-state index is 4.57. The Kier molecular flexibility index (Phi) is 4.02. The van der Waals surface area contributed by atoms with Gasteiger partial charge in [-0.2, -0.15) is 0 Å². The fourth-order valence-corrected chi connectivity index (χ4v) is 1.99. The van der Waals surface area contributed by atoms with E-state index in [4.69, 9.17) is 0 Å². The maximum atomic E-state index is 4.57. The molecule has 0 saturated carbocycles. The quantitative estimate of drug-likeness (QED) is 0.846. The number of nitrogens with zero attached hydrogens (tertiary/aromatic N) is 2. The van der Waals surface area contributed by atoms with Crippen LogP contribution in [0.1, 0.15) is 25.7 Å². The molecule has 1 aromatic rings. The first-order valence-electron chi connectivity index (χ1n) is 6.33. The van der Waals surface area contributed by atoms with Crippen molar-refractivity contribution in [2.45, 2.75) is 25.7 Å². The first kappa shape index (κ1) is 12.0. The van der Waals surface area contributed by atoms with Crippen LogP contribution >= 0.6 is 0 Å². The first-order valence-corrected chi connectivity index (χ1v) is 6.33. The molecule has 17 heavy (non-hydrogen) atoms. The van der Waals surface area contributed by atoms with E-state index in [9.17, 15) is 0 Å². The lowest BCUT2D eigenvalue weighted by molar-refractivity contribution is 0.731. The zero-order valence-electron chi connectivity index (χ0n) is 10.7. The summed E-state index contributed by atoms with van der Waals surface area (Å²) in [5, 5.41) is 3.42. The highest BCUT2D eigenvalue weighted by Gasteiger charge is 2.04. The lowest BCUT2D eigenvalue weighted by atomic mass is 10.2. The van der Waals surface area contributed by atoms with Crippen molar-refractivity contribution in [3.05, 3.63) is 24.3 Å². The summed E-state index contributed by atoms with van der Waals surface area (Å²) in [5.74, 6) is 1.14. The Morgan fingerprint density at radius 1 is 1.06 bits per heavy atom. The summed E-state index contributed by atoms with van der Waals surface area (Å²) < 4.78 is 0. The van der Waals surface area contributed by atoms with Crippen LogP contribution in [0.15, 0.2) is 29.3 Å². The Bertz CT molecular complexity index is 379. The molecule has 2 rings (SSSR count). The molecule has 3 nitrogen and oxygen atoms in total. The molecule has 1 N–H and O–H groups in total. The predicted molar refractivity (Wildman–Crippen MR) is 75.2 cm³/mol. The van der Waals surface area contributed by atoms with Gasteiger partial charge in [0, 0.05) is 38.4 Å². The zero-order chi connectivity index (χ0) is 12.1. The largest absolute Gasteiger partial charge is 0.378 e. The van der Waals surface area contributed by atoms with E-state index in [1.807, 2.05) is 0 Å². The van der Waals surface area contributed by atoms with Gasteiger partial charge in [-0.15, -0.1) is 0 Å². The zero-order valence-corrected chi connectivity index (χ0v) is 10.7. The van der Waals surface area contributed by atoms with Gasteiger partial charge < -0.3 is 10.2 Å². The number of rotatable bonds is 2. The number of hydrogen-bond acceptors (Lipinski definition) is 3. The van der Waals surface area contributed by atoms with Gasteiger partial charge >= 0.3 is 0 Å². The van der Waals surface area contributed by atoms with Crippen molar-refractivity contribution < 1.29 is 0 Å². The molecule has 0 unspecified atom stereocenters. The molecule has 1 aliphatic heterocycles. The molecule has 0 amide bonds. The van der Waals surface area contributed by atoms with Gasteiger partial charge in [0.25, 0.3) is 0 Å². The predicted octanol–water partition coefficient (Wildman–Crippen LogP) is 3.14. The van der Waals surface area contributed by atoms with Crippen molar-refractivity contribution >= 4 is 17.2 Å². The molecule has 1 aromatic carbocycles. The fraction of sp³-hybridized carbons (Fsp3) is 0.500. The normalized spacial score (nSPS) is 16.0. The minimum atomic E-state index is 0.970. The van der Waals surface area contributed by atoms with E-state index in [2.05, 4.69) is 53.6 Å². The highest BCUT2D eigenvalue weighted by molar-refractivity contribution is 5.95. The molecule has 0 saturated heterocycles. The first-order chi connectivity index (χ1) is 8.25. The molecule has 0 atom stereocenters. The van der Waals surface area contributed by atoms with E-state index >= 15 is 0 Å². The third-order valence-electron chi connectivity index (χ3n) is 3.05. The second-order valence-electron chi connectivity index (χ2n) is 4.71. The average molecular weight is 231 g/mol. The van der Waals surface area contributed by atoms with Gasteiger partial charge in [0.1, 0.15) is 5.84 Å². The van der Waals surface area contributed by atoms with Crippen LogP contribution in [0, 0.1) is 0 Å². The Hall–Kier alpha value is -1.51. The summed E-state index contributed by atoms with van der Waals surface area (Å²) in [6.07, 6.45) is 4.86. The van der Waals surface area contributed by atoms with Crippen molar-refractivity contribution in [1.29, 1.82) is 0 Å². The van der Waals surface area contributed by atoms with Crippen LogP contribution in [0.25, 0.3) is 0 Å². The molecule has 0 fully saturated rings. The lowest BCUT2D eigenvalue weighted by Gasteiger charge is -2.13. The number of amidine groups is 1. The second kappa shape index (κ2) is 5.71. The van der Waals surface area contributed by atoms with E-state index in [1.165, 1.54) is 24.9 Å². The lowest BCUT2D eigenvalue weighted by Crippen LogP contribution is -2.12. The van der Waals surface area contributed by atoms with Crippen molar-refractivity contribution in [1.82, 2.24) is 0 Å². The SMILES string of the molecule is CN(C)c1ccc(NC2=NCCCCC2)cc1. The van der Waals surface area contributed by atoms with Crippen LogP contribution in [0.4, 0.5) is 11.4 Å². The minimum absolute atomic E-state index is 0.970. The highest BCUT2D eigenvalue weighted by atomic mass is 15.1. The average Bonchev–Trinajstić information content (AvgIpc) is 2.58. The Morgan fingerprint density at radius 2 is 1.82 bits per heavy atom. The molecule has 1 aliphatic rings. The molecular formula is C14H21N3.